The summed E-state index contributed by atoms with van der Waals surface area (Å²) in [6.45, 7) is 3.45. The van der Waals surface area contributed by atoms with Crippen molar-refractivity contribution in [2.24, 2.45) is 11.8 Å². The summed E-state index contributed by atoms with van der Waals surface area (Å²) in [5.41, 5.74) is 1.12. The molecule has 0 saturated carbocycles. The van der Waals surface area contributed by atoms with E-state index in [0.717, 1.165) is 30.7 Å². The van der Waals surface area contributed by atoms with E-state index in [1.165, 1.54) is 0 Å². The second-order valence-corrected chi connectivity index (χ2v) is 6.68. The van der Waals surface area contributed by atoms with Gasteiger partial charge in [-0.3, -0.25) is 9.59 Å². The monoisotopic (exact) mass is 333 g/mol. The van der Waals surface area contributed by atoms with Gasteiger partial charge >= 0.3 is 5.97 Å². The fourth-order valence-corrected chi connectivity index (χ4v) is 3.34. The number of likely N-dealkylation sites (tertiary alicyclic amines) is 1. The standard InChI is InChI=1S/C19H27NO4/c1-14(12-15-5-8-17(24-2)9-6-15)19(23)20-11-3-4-16(13-20)7-10-18(21)22/h5-6,8-9,14,16H,3-4,7,10-13H2,1-2H3,(H,21,22)/t14-,16+/m1/s1. The van der Waals surface area contributed by atoms with Crippen LogP contribution in [-0.2, 0) is 16.0 Å². The number of carbonyl (C=O) groups excluding carboxylic acids is 1. The van der Waals surface area contributed by atoms with Gasteiger partial charge < -0.3 is 14.7 Å². The largest absolute Gasteiger partial charge is 0.497 e. The Bertz CT molecular complexity index is 555. The molecule has 1 saturated heterocycles. The van der Waals surface area contributed by atoms with Crippen molar-refractivity contribution in [3.8, 4) is 5.75 Å². The van der Waals surface area contributed by atoms with Gasteiger partial charge in [-0.05, 0) is 49.3 Å². The highest BCUT2D eigenvalue weighted by molar-refractivity contribution is 5.79. The minimum absolute atomic E-state index is 0.0726. The second kappa shape index (κ2) is 8.71. The van der Waals surface area contributed by atoms with Gasteiger partial charge in [0.2, 0.25) is 5.91 Å². The Balaban J connectivity index is 1.87. The second-order valence-electron chi connectivity index (χ2n) is 6.68. The van der Waals surface area contributed by atoms with Crippen LogP contribution in [0, 0.1) is 11.8 Å². The van der Waals surface area contributed by atoms with Crippen LogP contribution >= 0.6 is 0 Å². The van der Waals surface area contributed by atoms with Crippen molar-refractivity contribution in [3.63, 3.8) is 0 Å². The average Bonchev–Trinajstić information content (AvgIpc) is 2.60. The number of hydrogen-bond donors (Lipinski definition) is 1. The minimum atomic E-state index is -0.758. The number of methoxy groups -OCH3 is 1. The molecule has 132 valence electrons. The number of ether oxygens (including phenoxy) is 1. The number of carboxylic acid groups (broad SMARTS) is 1. The van der Waals surface area contributed by atoms with Gasteiger partial charge in [0.1, 0.15) is 5.75 Å². The number of carboxylic acids is 1. The predicted molar refractivity (Wildman–Crippen MR) is 92.0 cm³/mol. The Kier molecular flexibility index (Phi) is 6.64. The lowest BCUT2D eigenvalue weighted by atomic mass is 9.91. The molecular weight excluding hydrogens is 306 g/mol. The van der Waals surface area contributed by atoms with Crippen LogP contribution in [0.1, 0.15) is 38.2 Å². The molecule has 5 heteroatoms. The van der Waals surface area contributed by atoms with Gasteiger partial charge in [-0.1, -0.05) is 19.1 Å². The van der Waals surface area contributed by atoms with Gasteiger partial charge in [0.05, 0.1) is 7.11 Å². The quantitative estimate of drug-likeness (QED) is 0.833. The van der Waals surface area contributed by atoms with Crippen LogP contribution in [-0.4, -0.2) is 42.1 Å². The SMILES string of the molecule is COc1ccc(C[C@@H](C)C(=O)N2CCC[C@@H](CCC(=O)O)C2)cc1. The zero-order chi connectivity index (χ0) is 17.5. The van der Waals surface area contributed by atoms with Crippen molar-refractivity contribution in [2.75, 3.05) is 20.2 Å². The van der Waals surface area contributed by atoms with Crippen LogP contribution in [0.2, 0.25) is 0 Å². The molecule has 0 aliphatic carbocycles. The summed E-state index contributed by atoms with van der Waals surface area (Å²) in [4.78, 5) is 25.3. The molecule has 1 fully saturated rings. The summed E-state index contributed by atoms with van der Waals surface area (Å²) in [6, 6.07) is 7.81. The topological polar surface area (TPSA) is 66.8 Å². The van der Waals surface area contributed by atoms with Crippen LogP contribution in [0.25, 0.3) is 0 Å². The van der Waals surface area contributed by atoms with Gasteiger partial charge in [0.25, 0.3) is 0 Å². The number of rotatable bonds is 7. The zero-order valence-corrected chi connectivity index (χ0v) is 14.5. The number of benzene rings is 1. The first kappa shape index (κ1) is 18.3. The van der Waals surface area contributed by atoms with Crippen LogP contribution in [0.4, 0.5) is 0 Å². The molecule has 1 aliphatic heterocycles. The van der Waals surface area contributed by atoms with E-state index in [-0.39, 0.29) is 18.2 Å². The van der Waals surface area contributed by atoms with Gasteiger partial charge in [0.15, 0.2) is 0 Å². The Morgan fingerprint density at radius 2 is 2.04 bits per heavy atom. The van der Waals surface area contributed by atoms with Crippen molar-refractivity contribution in [2.45, 2.75) is 39.0 Å². The first-order chi connectivity index (χ1) is 11.5. The maximum atomic E-state index is 12.7. The molecule has 1 heterocycles. The number of carbonyl (C=O) groups is 2. The normalized spacial score (nSPS) is 18.9. The minimum Gasteiger partial charge on any atom is -0.497 e. The van der Waals surface area contributed by atoms with Crippen LogP contribution < -0.4 is 4.74 Å². The molecule has 1 aromatic carbocycles. The number of nitrogens with zero attached hydrogens (tertiary/aromatic N) is 1. The van der Waals surface area contributed by atoms with E-state index in [2.05, 4.69) is 0 Å². The van der Waals surface area contributed by atoms with Gasteiger partial charge in [-0.2, -0.15) is 0 Å². The lowest BCUT2D eigenvalue weighted by Crippen LogP contribution is -2.43. The predicted octanol–water partition coefficient (Wildman–Crippen LogP) is 2.98. The van der Waals surface area contributed by atoms with E-state index in [1.807, 2.05) is 36.1 Å². The summed E-state index contributed by atoms with van der Waals surface area (Å²) in [7, 11) is 1.64. The summed E-state index contributed by atoms with van der Waals surface area (Å²) >= 11 is 0. The molecular formula is C19H27NO4. The maximum Gasteiger partial charge on any atom is 0.303 e. The van der Waals surface area contributed by atoms with E-state index in [9.17, 15) is 9.59 Å². The summed E-state index contributed by atoms with van der Waals surface area (Å²) in [6.07, 6.45) is 3.54. The van der Waals surface area contributed by atoms with Crippen molar-refractivity contribution < 1.29 is 19.4 Å². The fourth-order valence-electron chi connectivity index (χ4n) is 3.34. The van der Waals surface area contributed by atoms with E-state index in [1.54, 1.807) is 7.11 Å². The van der Waals surface area contributed by atoms with E-state index >= 15 is 0 Å². The van der Waals surface area contributed by atoms with Gasteiger partial charge in [0, 0.05) is 25.4 Å². The molecule has 0 radical (unpaired) electrons. The maximum absolute atomic E-state index is 12.7. The van der Waals surface area contributed by atoms with Gasteiger partial charge in [-0.15, -0.1) is 0 Å². The molecule has 1 aromatic rings. The highest BCUT2D eigenvalue weighted by Gasteiger charge is 2.27. The zero-order valence-electron chi connectivity index (χ0n) is 14.5. The first-order valence-corrected chi connectivity index (χ1v) is 8.63. The van der Waals surface area contributed by atoms with E-state index in [4.69, 9.17) is 9.84 Å². The van der Waals surface area contributed by atoms with Crippen molar-refractivity contribution in [1.82, 2.24) is 4.90 Å². The molecule has 1 aliphatic rings. The molecule has 1 amide bonds. The van der Waals surface area contributed by atoms with Crippen LogP contribution in [0.5, 0.6) is 5.75 Å². The molecule has 1 N–H and O–H groups in total. The molecule has 2 rings (SSSR count). The Morgan fingerprint density at radius 3 is 2.67 bits per heavy atom. The third-order valence-corrected chi connectivity index (χ3v) is 4.72. The highest BCUT2D eigenvalue weighted by Crippen LogP contribution is 2.23. The van der Waals surface area contributed by atoms with E-state index < -0.39 is 5.97 Å². The van der Waals surface area contributed by atoms with E-state index in [0.29, 0.717) is 25.3 Å². The van der Waals surface area contributed by atoms with Crippen molar-refractivity contribution in [1.29, 1.82) is 0 Å². The molecule has 0 spiro atoms. The lowest BCUT2D eigenvalue weighted by molar-refractivity contribution is -0.137. The molecule has 0 aromatic heterocycles. The summed E-state index contributed by atoms with van der Waals surface area (Å²) < 4.78 is 5.15. The van der Waals surface area contributed by atoms with Crippen LogP contribution in [0.3, 0.4) is 0 Å². The number of hydrogen-bond acceptors (Lipinski definition) is 3. The number of aliphatic carboxylic acids is 1. The van der Waals surface area contributed by atoms with Crippen molar-refractivity contribution >= 4 is 11.9 Å². The summed E-state index contributed by atoms with van der Waals surface area (Å²) in [5.74, 6) is 0.468. The molecule has 5 nitrogen and oxygen atoms in total. The third kappa shape index (κ3) is 5.25. The molecule has 2 atom stereocenters. The van der Waals surface area contributed by atoms with Crippen LogP contribution in [0.15, 0.2) is 24.3 Å². The molecule has 0 bridgehead atoms. The Morgan fingerprint density at radius 1 is 1.33 bits per heavy atom. The lowest BCUT2D eigenvalue weighted by Gasteiger charge is -2.34. The Labute approximate surface area is 143 Å². The molecule has 0 unspecified atom stereocenters. The molecule has 24 heavy (non-hydrogen) atoms. The fraction of sp³-hybridized carbons (Fsp3) is 0.579. The van der Waals surface area contributed by atoms with Crippen molar-refractivity contribution in [3.05, 3.63) is 29.8 Å². The smallest absolute Gasteiger partial charge is 0.303 e. The third-order valence-electron chi connectivity index (χ3n) is 4.72. The number of piperidine rings is 1. The Hall–Kier alpha value is -2.04. The highest BCUT2D eigenvalue weighted by atomic mass is 16.5. The summed E-state index contributed by atoms with van der Waals surface area (Å²) in [5, 5.41) is 8.82. The average molecular weight is 333 g/mol. The van der Waals surface area contributed by atoms with Gasteiger partial charge in [-0.25, -0.2) is 0 Å². The number of amides is 1. The first-order valence-electron chi connectivity index (χ1n) is 8.63.